The van der Waals surface area contributed by atoms with Crippen LogP contribution in [-0.2, 0) is 14.4 Å². The van der Waals surface area contributed by atoms with Gasteiger partial charge in [-0.2, -0.15) is 0 Å². The molecule has 0 N–H and O–H groups in total. The highest BCUT2D eigenvalue weighted by Crippen LogP contribution is 2.28. The van der Waals surface area contributed by atoms with Gasteiger partial charge in [-0.1, -0.05) is 67.5 Å². The SMILES string of the molecule is CC.CC.CC.CC.CC(=O)CC(=O)C(C)=O.c1ccc2c(c1)OCCCO2. The summed E-state index contributed by atoms with van der Waals surface area (Å²) >= 11 is 0. The molecule has 0 radical (unpaired) electrons. The highest BCUT2D eigenvalue weighted by molar-refractivity contribution is 6.39. The van der Waals surface area contributed by atoms with E-state index in [4.69, 9.17) is 9.47 Å². The minimum Gasteiger partial charge on any atom is -0.490 e. The largest absolute Gasteiger partial charge is 0.490 e. The first-order valence-electron chi connectivity index (χ1n) is 10.4. The van der Waals surface area contributed by atoms with Gasteiger partial charge >= 0.3 is 0 Å². The van der Waals surface area contributed by atoms with Crippen LogP contribution < -0.4 is 9.47 Å². The van der Waals surface area contributed by atoms with Crippen LogP contribution in [0.3, 0.4) is 0 Å². The molecule has 0 saturated heterocycles. The zero-order chi connectivity index (χ0) is 23.0. The van der Waals surface area contributed by atoms with E-state index < -0.39 is 11.6 Å². The van der Waals surface area contributed by atoms with Crippen molar-refractivity contribution < 1.29 is 23.9 Å². The molecule has 1 heterocycles. The number of carbonyl (C=O) groups is 3. The fraction of sp³-hybridized carbons (Fsp3) is 0.609. The van der Waals surface area contributed by atoms with Gasteiger partial charge in [0.05, 0.1) is 19.6 Å². The predicted molar refractivity (Wildman–Crippen MR) is 118 cm³/mol. The van der Waals surface area contributed by atoms with E-state index in [1.165, 1.54) is 6.92 Å². The van der Waals surface area contributed by atoms with E-state index in [-0.39, 0.29) is 12.2 Å². The van der Waals surface area contributed by atoms with Gasteiger partial charge in [-0.05, 0) is 19.1 Å². The molecule has 0 fully saturated rings. The topological polar surface area (TPSA) is 69.7 Å². The standard InChI is InChI=1S/C9H10O2.C6H8O3.4C2H6/c1-2-5-9-8(4-1)10-6-3-7-11-9;1-4(7)3-6(9)5(2)8;4*1-2/h1-2,4-5H,3,6-7H2;3H2,1-2H3;4*1-2H3. The molecule has 0 amide bonds. The second-order valence-electron chi connectivity index (χ2n) is 4.36. The molecule has 1 aliphatic rings. The van der Waals surface area contributed by atoms with Gasteiger partial charge in [-0.15, -0.1) is 0 Å². The molecule has 164 valence electrons. The fourth-order valence-electron chi connectivity index (χ4n) is 1.46. The monoisotopic (exact) mass is 398 g/mol. The summed E-state index contributed by atoms with van der Waals surface area (Å²) < 4.78 is 10.8. The van der Waals surface area contributed by atoms with Crippen molar-refractivity contribution in [1.82, 2.24) is 0 Å². The Labute approximate surface area is 172 Å². The van der Waals surface area contributed by atoms with Gasteiger partial charge in [0.1, 0.15) is 5.78 Å². The van der Waals surface area contributed by atoms with Crippen LogP contribution >= 0.6 is 0 Å². The molecule has 5 nitrogen and oxygen atoms in total. The molecule has 28 heavy (non-hydrogen) atoms. The third kappa shape index (κ3) is 20.1. The summed E-state index contributed by atoms with van der Waals surface area (Å²) in [6, 6.07) is 7.77. The van der Waals surface area contributed by atoms with Gasteiger partial charge in [0, 0.05) is 13.3 Å². The molecular formula is C23H42O5. The van der Waals surface area contributed by atoms with Crippen molar-refractivity contribution in [1.29, 1.82) is 0 Å². The number of benzene rings is 1. The lowest BCUT2D eigenvalue weighted by molar-refractivity contribution is -0.137. The Hall–Kier alpha value is -2.17. The third-order valence-electron chi connectivity index (χ3n) is 2.46. The van der Waals surface area contributed by atoms with Crippen LogP contribution in [-0.4, -0.2) is 30.6 Å². The number of carbonyl (C=O) groups excluding carboxylic acids is 3. The minimum absolute atomic E-state index is 0.255. The van der Waals surface area contributed by atoms with Crippen molar-refractivity contribution >= 4 is 17.3 Å². The maximum atomic E-state index is 10.4. The Balaban J connectivity index is -0.000000154. The Morgan fingerprint density at radius 1 is 0.750 bits per heavy atom. The van der Waals surface area contributed by atoms with Crippen LogP contribution in [0, 0.1) is 0 Å². The Bertz CT molecular complexity index is 471. The average molecular weight is 399 g/mol. The number of rotatable bonds is 3. The van der Waals surface area contributed by atoms with Gasteiger partial charge in [0.15, 0.2) is 17.3 Å². The lowest BCUT2D eigenvalue weighted by atomic mass is 10.2. The van der Waals surface area contributed by atoms with Crippen molar-refractivity contribution in [3.05, 3.63) is 24.3 Å². The molecule has 2 rings (SSSR count). The molecule has 0 atom stereocenters. The second kappa shape index (κ2) is 27.1. The summed E-state index contributed by atoms with van der Waals surface area (Å²) in [6.07, 6.45) is 0.712. The molecule has 0 bridgehead atoms. The summed E-state index contributed by atoms with van der Waals surface area (Å²) in [5.41, 5.74) is 0. The number of ketones is 3. The second-order valence-corrected chi connectivity index (χ2v) is 4.36. The molecule has 5 heteroatoms. The average Bonchev–Trinajstić information content (AvgIpc) is 2.99. The Kier molecular flexibility index (Phi) is 32.3. The minimum atomic E-state index is -0.609. The summed E-state index contributed by atoms with van der Waals surface area (Å²) in [6.45, 7) is 20.0. The van der Waals surface area contributed by atoms with E-state index in [0.717, 1.165) is 38.1 Å². The molecule has 0 aromatic heterocycles. The van der Waals surface area contributed by atoms with Crippen molar-refractivity contribution in [3.63, 3.8) is 0 Å². The first-order chi connectivity index (χ1) is 13.5. The molecule has 1 aromatic rings. The molecule has 0 unspecified atom stereocenters. The molecule has 0 saturated carbocycles. The van der Waals surface area contributed by atoms with Crippen molar-refractivity contribution in [2.24, 2.45) is 0 Å². The van der Waals surface area contributed by atoms with Gasteiger partial charge in [0.25, 0.3) is 0 Å². The van der Waals surface area contributed by atoms with Gasteiger partial charge in [-0.25, -0.2) is 0 Å². The number of ether oxygens (including phenoxy) is 2. The number of fused-ring (bicyclic) bond motifs is 1. The Morgan fingerprint density at radius 2 is 1.11 bits per heavy atom. The van der Waals surface area contributed by atoms with E-state index in [1.807, 2.05) is 79.7 Å². The number of Topliss-reactive ketones (excluding diaryl/α,β-unsaturated/α-hetero) is 3. The van der Waals surface area contributed by atoms with Gasteiger partial charge in [-0.3, -0.25) is 14.4 Å². The van der Waals surface area contributed by atoms with E-state index in [2.05, 4.69) is 0 Å². The van der Waals surface area contributed by atoms with E-state index in [9.17, 15) is 14.4 Å². The summed E-state index contributed by atoms with van der Waals surface area (Å²) in [5.74, 6) is 0.304. The molecule has 0 spiro atoms. The quantitative estimate of drug-likeness (QED) is 0.456. The zero-order valence-corrected chi connectivity index (χ0v) is 19.7. The zero-order valence-electron chi connectivity index (χ0n) is 19.7. The van der Waals surface area contributed by atoms with Crippen LogP contribution in [0.15, 0.2) is 24.3 Å². The maximum absolute atomic E-state index is 10.4. The van der Waals surface area contributed by atoms with Crippen molar-refractivity contribution in [3.8, 4) is 11.5 Å². The molecule has 1 aliphatic heterocycles. The van der Waals surface area contributed by atoms with Crippen LogP contribution in [0.2, 0.25) is 0 Å². The van der Waals surface area contributed by atoms with Crippen LogP contribution in [0.5, 0.6) is 11.5 Å². The lowest BCUT2D eigenvalue weighted by Crippen LogP contribution is -2.12. The molecular weight excluding hydrogens is 356 g/mol. The maximum Gasteiger partial charge on any atom is 0.205 e. The van der Waals surface area contributed by atoms with Crippen molar-refractivity contribution in [2.45, 2.75) is 82.1 Å². The van der Waals surface area contributed by atoms with Crippen molar-refractivity contribution in [2.75, 3.05) is 13.2 Å². The highest BCUT2D eigenvalue weighted by atomic mass is 16.5. The predicted octanol–water partition coefficient (Wildman–Crippen LogP) is 6.08. The van der Waals surface area contributed by atoms with Crippen LogP contribution in [0.1, 0.15) is 82.1 Å². The number of hydrogen-bond acceptors (Lipinski definition) is 5. The van der Waals surface area contributed by atoms with Gasteiger partial charge in [0.2, 0.25) is 5.78 Å². The van der Waals surface area contributed by atoms with Gasteiger partial charge < -0.3 is 9.47 Å². The normalized spacial score (nSPS) is 9.79. The van der Waals surface area contributed by atoms with E-state index in [0.29, 0.717) is 0 Å². The fourth-order valence-corrected chi connectivity index (χ4v) is 1.46. The summed E-state index contributed by atoms with van der Waals surface area (Å²) in [7, 11) is 0. The first-order valence-corrected chi connectivity index (χ1v) is 10.4. The van der Waals surface area contributed by atoms with Crippen LogP contribution in [0.4, 0.5) is 0 Å². The molecule has 0 aliphatic carbocycles. The third-order valence-corrected chi connectivity index (χ3v) is 2.46. The molecule has 1 aromatic carbocycles. The van der Waals surface area contributed by atoms with E-state index in [1.54, 1.807) is 0 Å². The smallest absolute Gasteiger partial charge is 0.205 e. The number of hydrogen-bond donors (Lipinski definition) is 0. The first kappa shape index (κ1) is 33.4. The lowest BCUT2D eigenvalue weighted by Gasteiger charge is -2.04. The number of para-hydroxylation sites is 2. The Morgan fingerprint density at radius 3 is 1.36 bits per heavy atom. The van der Waals surface area contributed by atoms with E-state index >= 15 is 0 Å². The summed E-state index contributed by atoms with van der Waals surface area (Å²) in [5, 5.41) is 0. The van der Waals surface area contributed by atoms with Crippen LogP contribution in [0.25, 0.3) is 0 Å². The highest BCUT2D eigenvalue weighted by Gasteiger charge is 2.09. The summed E-state index contributed by atoms with van der Waals surface area (Å²) in [4.78, 5) is 30.7.